The fourth-order valence-corrected chi connectivity index (χ4v) is 3.01. The zero-order chi connectivity index (χ0) is 11.1. The Morgan fingerprint density at radius 1 is 1.38 bits per heavy atom. The summed E-state index contributed by atoms with van der Waals surface area (Å²) >= 11 is 4.59. The van der Waals surface area contributed by atoms with E-state index in [1.165, 1.54) is 22.2 Å². The van der Waals surface area contributed by atoms with Crippen LogP contribution in [-0.2, 0) is 13.0 Å². The first kappa shape index (κ1) is 10.0. The Morgan fingerprint density at radius 2 is 2.25 bits per heavy atom. The smallest absolute Gasteiger partial charge is 0.0623 e. The molecule has 1 heterocycles. The molecule has 16 heavy (non-hydrogen) atoms. The summed E-state index contributed by atoms with van der Waals surface area (Å²) in [7, 11) is 0. The standard InChI is InChI=1S/C14H15NS/c1-2-15-12-8-4-3-6-10(12)11-7-5-9-13(16)14(11)15/h4-5,7-9,16H,2-3,6H2,1H3. The minimum atomic E-state index is 1.01. The van der Waals surface area contributed by atoms with Crippen LogP contribution in [0.3, 0.4) is 0 Å². The zero-order valence-electron chi connectivity index (χ0n) is 9.40. The molecule has 0 bridgehead atoms. The van der Waals surface area contributed by atoms with Gasteiger partial charge in [0, 0.05) is 22.5 Å². The molecule has 0 aliphatic heterocycles. The van der Waals surface area contributed by atoms with Crippen LogP contribution in [0.2, 0.25) is 0 Å². The van der Waals surface area contributed by atoms with Gasteiger partial charge in [0.2, 0.25) is 0 Å². The molecular weight excluding hydrogens is 214 g/mol. The number of hydrogen-bond acceptors (Lipinski definition) is 1. The minimum Gasteiger partial charge on any atom is -0.340 e. The monoisotopic (exact) mass is 229 g/mol. The fourth-order valence-electron chi connectivity index (χ4n) is 2.68. The summed E-state index contributed by atoms with van der Waals surface area (Å²) < 4.78 is 2.38. The second kappa shape index (κ2) is 3.70. The van der Waals surface area contributed by atoms with Crippen LogP contribution < -0.4 is 0 Å². The molecule has 1 nitrogen and oxygen atoms in total. The van der Waals surface area contributed by atoms with Crippen molar-refractivity contribution >= 4 is 29.6 Å². The van der Waals surface area contributed by atoms with E-state index in [0.29, 0.717) is 0 Å². The number of nitrogens with zero attached hydrogens (tertiary/aromatic N) is 1. The van der Waals surface area contributed by atoms with Gasteiger partial charge in [-0.15, -0.1) is 12.6 Å². The van der Waals surface area contributed by atoms with Crippen LogP contribution in [-0.4, -0.2) is 4.57 Å². The summed E-state index contributed by atoms with van der Waals surface area (Å²) in [5.74, 6) is 0. The molecule has 1 aliphatic carbocycles. The summed E-state index contributed by atoms with van der Waals surface area (Å²) in [4.78, 5) is 1.09. The van der Waals surface area contributed by atoms with Crippen LogP contribution in [0.4, 0.5) is 0 Å². The molecule has 2 heteroatoms. The predicted octanol–water partition coefficient (Wildman–Crippen LogP) is 3.91. The molecule has 0 N–H and O–H groups in total. The fraction of sp³-hybridized carbons (Fsp3) is 0.286. The second-order valence-corrected chi connectivity index (χ2v) is 4.70. The average Bonchev–Trinajstić information content (AvgIpc) is 2.65. The highest BCUT2D eigenvalue weighted by Gasteiger charge is 2.17. The topological polar surface area (TPSA) is 4.93 Å². The van der Waals surface area contributed by atoms with E-state index in [1.807, 2.05) is 0 Å². The van der Waals surface area contributed by atoms with E-state index in [9.17, 15) is 0 Å². The van der Waals surface area contributed by atoms with Gasteiger partial charge in [0.15, 0.2) is 0 Å². The SMILES string of the molecule is CCn1c2c(c3cccc(S)c31)CCC=C2. The minimum absolute atomic E-state index is 1.01. The summed E-state index contributed by atoms with van der Waals surface area (Å²) in [5, 5.41) is 1.38. The third-order valence-electron chi connectivity index (χ3n) is 3.36. The molecule has 1 aliphatic rings. The molecular formula is C14H15NS. The number of rotatable bonds is 1. The predicted molar refractivity (Wildman–Crippen MR) is 72.2 cm³/mol. The first-order valence-electron chi connectivity index (χ1n) is 5.82. The maximum absolute atomic E-state index is 4.59. The van der Waals surface area contributed by atoms with Crippen molar-refractivity contribution in [1.82, 2.24) is 4.57 Å². The highest BCUT2D eigenvalue weighted by molar-refractivity contribution is 7.80. The molecule has 0 saturated heterocycles. The van der Waals surface area contributed by atoms with Crippen LogP contribution >= 0.6 is 12.6 Å². The van der Waals surface area contributed by atoms with E-state index in [-0.39, 0.29) is 0 Å². The van der Waals surface area contributed by atoms with Crippen molar-refractivity contribution in [1.29, 1.82) is 0 Å². The molecule has 82 valence electrons. The highest BCUT2D eigenvalue weighted by Crippen LogP contribution is 2.34. The maximum atomic E-state index is 4.59. The van der Waals surface area contributed by atoms with Crippen molar-refractivity contribution in [2.45, 2.75) is 31.2 Å². The van der Waals surface area contributed by atoms with E-state index in [0.717, 1.165) is 24.3 Å². The molecule has 1 aromatic carbocycles. The number of para-hydroxylation sites is 1. The van der Waals surface area contributed by atoms with E-state index < -0.39 is 0 Å². The third-order valence-corrected chi connectivity index (χ3v) is 3.72. The molecule has 0 atom stereocenters. The third kappa shape index (κ3) is 1.26. The van der Waals surface area contributed by atoms with Gasteiger partial charge in [-0.25, -0.2) is 0 Å². The normalized spacial score (nSPS) is 14.4. The van der Waals surface area contributed by atoms with Gasteiger partial charge < -0.3 is 4.57 Å². The van der Waals surface area contributed by atoms with E-state index in [2.05, 4.69) is 54.5 Å². The lowest BCUT2D eigenvalue weighted by Gasteiger charge is -2.09. The van der Waals surface area contributed by atoms with Crippen LogP contribution in [0.25, 0.3) is 17.0 Å². The zero-order valence-corrected chi connectivity index (χ0v) is 10.3. The average molecular weight is 229 g/mol. The quantitative estimate of drug-likeness (QED) is 0.707. The number of aromatic nitrogens is 1. The molecule has 0 unspecified atom stereocenters. The number of allylic oxidation sites excluding steroid dienone is 1. The summed E-state index contributed by atoms with van der Waals surface area (Å²) in [5.41, 5.74) is 4.17. The number of aryl methyl sites for hydroxylation is 2. The van der Waals surface area contributed by atoms with Crippen LogP contribution in [0, 0.1) is 0 Å². The molecule has 0 fully saturated rings. The van der Waals surface area contributed by atoms with Crippen molar-refractivity contribution < 1.29 is 0 Å². The van der Waals surface area contributed by atoms with Crippen molar-refractivity contribution in [3.05, 3.63) is 35.5 Å². The van der Waals surface area contributed by atoms with Gasteiger partial charge in [-0.2, -0.15) is 0 Å². The number of fused-ring (bicyclic) bond motifs is 3. The molecule has 2 aromatic rings. The van der Waals surface area contributed by atoms with Crippen molar-refractivity contribution in [2.75, 3.05) is 0 Å². The lowest BCUT2D eigenvalue weighted by Crippen LogP contribution is -2.00. The second-order valence-electron chi connectivity index (χ2n) is 4.22. The first-order valence-corrected chi connectivity index (χ1v) is 6.27. The molecule has 0 radical (unpaired) electrons. The van der Waals surface area contributed by atoms with Gasteiger partial charge in [-0.05, 0) is 37.5 Å². The number of thiol groups is 1. The van der Waals surface area contributed by atoms with Gasteiger partial charge in [0.25, 0.3) is 0 Å². The lowest BCUT2D eigenvalue weighted by atomic mass is 10.0. The van der Waals surface area contributed by atoms with Gasteiger partial charge in [-0.3, -0.25) is 0 Å². The Kier molecular flexibility index (Phi) is 2.32. The highest BCUT2D eigenvalue weighted by atomic mass is 32.1. The van der Waals surface area contributed by atoms with E-state index in [4.69, 9.17) is 0 Å². The summed E-state index contributed by atoms with van der Waals surface area (Å²) in [6.07, 6.45) is 6.85. The van der Waals surface area contributed by atoms with Crippen molar-refractivity contribution in [3.63, 3.8) is 0 Å². The Hall–Kier alpha value is -1.15. The molecule has 0 amide bonds. The van der Waals surface area contributed by atoms with Gasteiger partial charge in [0.1, 0.15) is 0 Å². The molecule has 0 saturated carbocycles. The molecule has 3 rings (SSSR count). The van der Waals surface area contributed by atoms with Gasteiger partial charge >= 0.3 is 0 Å². The lowest BCUT2D eigenvalue weighted by molar-refractivity contribution is 0.773. The number of benzene rings is 1. The maximum Gasteiger partial charge on any atom is 0.0623 e. The largest absolute Gasteiger partial charge is 0.340 e. The van der Waals surface area contributed by atoms with Crippen LogP contribution in [0.1, 0.15) is 24.6 Å². The van der Waals surface area contributed by atoms with Crippen LogP contribution in [0.5, 0.6) is 0 Å². The Bertz CT molecular complexity index is 578. The number of hydrogen-bond donors (Lipinski definition) is 1. The van der Waals surface area contributed by atoms with Crippen molar-refractivity contribution in [2.24, 2.45) is 0 Å². The Morgan fingerprint density at radius 3 is 3.06 bits per heavy atom. The summed E-state index contributed by atoms with van der Waals surface area (Å²) in [6.45, 7) is 3.20. The Labute approximate surface area is 101 Å². The Balaban J connectivity index is 2.47. The van der Waals surface area contributed by atoms with Gasteiger partial charge in [-0.1, -0.05) is 18.2 Å². The van der Waals surface area contributed by atoms with Crippen molar-refractivity contribution in [3.8, 4) is 0 Å². The van der Waals surface area contributed by atoms with Gasteiger partial charge in [0.05, 0.1) is 5.52 Å². The van der Waals surface area contributed by atoms with Crippen LogP contribution in [0.15, 0.2) is 29.2 Å². The molecule has 1 aromatic heterocycles. The summed E-state index contributed by atoms with van der Waals surface area (Å²) in [6, 6.07) is 6.40. The first-order chi connectivity index (χ1) is 7.83. The van der Waals surface area contributed by atoms with E-state index in [1.54, 1.807) is 0 Å². The molecule has 0 spiro atoms. The van der Waals surface area contributed by atoms with E-state index >= 15 is 0 Å².